The number of benzene rings is 3. The van der Waals surface area contributed by atoms with Crippen LogP contribution in [0.5, 0.6) is 0 Å². The van der Waals surface area contributed by atoms with Gasteiger partial charge in [0, 0.05) is 5.56 Å². The molecule has 0 N–H and O–H groups in total. The van der Waals surface area contributed by atoms with Crippen LogP contribution < -0.4 is 0 Å². The maximum Gasteiger partial charge on any atom is 0.0646 e. The van der Waals surface area contributed by atoms with Crippen LogP contribution in [0.3, 0.4) is 0 Å². The van der Waals surface area contributed by atoms with Gasteiger partial charge in [0.1, 0.15) is 0 Å². The quantitative estimate of drug-likeness (QED) is 0.379. The van der Waals surface area contributed by atoms with Crippen molar-refractivity contribution < 1.29 is 0 Å². The van der Waals surface area contributed by atoms with E-state index in [1.54, 1.807) is 11.3 Å². The maximum atomic E-state index is 4.66. The summed E-state index contributed by atoms with van der Waals surface area (Å²) in [5.41, 5.74) is 7.39. The summed E-state index contributed by atoms with van der Waals surface area (Å²) in [6.45, 7) is 0. The molecule has 0 saturated carbocycles. The zero-order valence-corrected chi connectivity index (χ0v) is 14.7. The molecule has 0 atom stereocenters. The Bertz CT molecular complexity index is 954. The summed E-state index contributed by atoms with van der Waals surface area (Å²) in [5, 5.41) is 2.10. The SMILES string of the molecule is Sc1sccc1-c1cccc(-c2ccccc2)c1-c1ccccc1. The first-order valence-corrected chi connectivity index (χ1v) is 9.18. The largest absolute Gasteiger partial charge is 0.137 e. The van der Waals surface area contributed by atoms with Gasteiger partial charge < -0.3 is 0 Å². The van der Waals surface area contributed by atoms with Gasteiger partial charge in [-0.05, 0) is 39.3 Å². The van der Waals surface area contributed by atoms with E-state index >= 15 is 0 Å². The van der Waals surface area contributed by atoms with E-state index in [4.69, 9.17) is 0 Å². The van der Waals surface area contributed by atoms with Crippen molar-refractivity contribution in [1.29, 1.82) is 0 Å². The van der Waals surface area contributed by atoms with Gasteiger partial charge in [0.15, 0.2) is 0 Å². The third-order valence-corrected chi connectivity index (χ3v) is 5.42. The second-order valence-electron chi connectivity index (χ2n) is 5.60. The predicted octanol–water partition coefficient (Wildman–Crippen LogP) is 7.04. The molecule has 0 aliphatic carbocycles. The van der Waals surface area contributed by atoms with Crippen molar-refractivity contribution in [2.75, 3.05) is 0 Å². The van der Waals surface area contributed by atoms with Gasteiger partial charge in [-0.25, -0.2) is 0 Å². The summed E-state index contributed by atoms with van der Waals surface area (Å²) >= 11 is 6.33. The number of hydrogen-bond acceptors (Lipinski definition) is 2. The fraction of sp³-hybridized carbons (Fsp3) is 0. The number of hydrogen-bond donors (Lipinski definition) is 1. The first-order valence-electron chi connectivity index (χ1n) is 7.85. The van der Waals surface area contributed by atoms with Crippen molar-refractivity contribution in [3.63, 3.8) is 0 Å². The summed E-state index contributed by atoms with van der Waals surface area (Å²) in [5.74, 6) is 0. The van der Waals surface area contributed by atoms with E-state index in [1.807, 2.05) is 0 Å². The Morgan fingerprint density at radius 3 is 1.79 bits per heavy atom. The molecule has 2 heteroatoms. The van der Waals surface area contributed by atoms with Gasteiger partial charge in [-0.15, -0.1) is 24.0 Å². The molecule has 0 bridgehead atoms. The molecule has 1 aromatic heterocycles. The van der Waals surface area contributed by atoms with Crippen molar-refractivity contribution in [3.05, 3.63) is 90.3 Å². The van der Waals surface area contributed by atoms with Gasteiger partial charge in [0.05, 0.1) is 4.21 Å². The Morgan fingerprint density at radius 2 is 1.17 bits per heavy atom. The van der Waals surface area contributed by atoms with Crippen molar-refractivity contribution in [2.45, 2.75) is 4.21 Å². The molecule has 1 heterocycles. The molecule has 0 saturated heterocycles. The van der Waals surface area contributed by atoms with Crippen LogP contribution in [0, 0.1) is 0 Å². The number of thiophene rings is 1. The van der Waals surface area contributed by atoms with Gasteiger partial charge in [-0.1, -0.05) is 78.9 Å². The predicted molar refractivity (Wildman–Crippen MR) is 108 cm³/mol. The second-order valence-corrected chi connectivity index (χ2v) is 7.27. The lowest BCUT2D eigenvalue weighted by atomic mass is 9.88. The Hall–Kier alpha value is -2.29. The highest BCUT2D eigenvalue weighted by molar-refractivity contribution is 7.83. The van der Waals surface area contributed by atoms with Crippen LogP contribution in [0.4, 0.5) is 0 Å². The molecule has 0 aliphatic rings. The third-order valence-electron chi connectivity index (χ3n) is 4.15. The minimum Gasteiger partial charge on any atom is -0.137 e. The van der Waals surface area contributed by atoms with Crippen LogP contribution in [-0.4, -0.2) is 0 Å². The lowest BCUT2D eigenvalue weighted by molar-refractivity contribution is 1.55. The van der Waals surface area contributed by atoms with E-state index < -0.39 is 0 Å². The molecule has 0 spiro atoms. The zero-order chi connectivity index (χ0) is 16.4. The molecule has 0 nitrogen and oxygen atoms in total. The highest BCUT2D eigenvalue weighted by Crippen LogP contribution is 2.42. The fourth-order valence-corrected chi connectivity index (χ4v) is 4.07. The van der Waals surface area contributed by atoms with E-state index in [-0.39, 0.29) is 0 Å². The summed E-state index contributed by atoms with van der Waals surface area (Å²) in [6, 6.07) is 29.8. The average molecular weight is 345 g/mol. The van der Waals surface area contributed by atoms with Gasteiger partial charge in [-0.2, -0.15) is 0 Å². The van der Waals surface area contributed by atoms with Gasteiger partial charge >= 0.3 is 0 Å². The topological polar surface area (TPSA) is 0 Å². The van der Waals surface area contributed by atoms with Crippen LogP contribution in [0.2, 0.25) is 0 Å². The molecule has 116 valence electrons. The van der Waals surface area contributed by atoms with Crippen LogP contribution in [0.25, 0.3) is 33.4 Å². The highest BCUT2D eigenvalue weighted by Gasteiger charge is 2.15. The van der Waals surface area contributed by atoms with Crippen LogP contribution in [0.15, 0.2) is 94.5 Å². The first kappa shape index (κ1) is 15.3. The fourth-order valence-electron chi connectivity index (χ4n) is 3.06. The van der Waals surface area contributed by atoms with Crippen LogP contribution in [-0.2, 0) is 0 Å². The number of thiol groups is 1. The van der Waals surface area contributed by atoms with Crippen molar-refractivity contribution in [3.8, 4) is 33.4 Å². The Labute approximate surface area is 151 Å². The lowest BCUT2D eigenvalue weighted by Gasteiger charge is -2.16. The molecule has 4 rings (SSSR count). The molecule has 0 unspecified atom stereocenters. The van der Waals surface area contributed by atoms with E-state index in [0.717, 1.165) is 4.21 Å². The van der Waals surface area contributed by atoms with E-state index in [1.165, 1.54) is 33.4 Å². The van der Waals surface area contributed by atoms with Crippen molar-refractivity contribution in [2.24, 2.45) is 0 Å². The van der Waals surface area contributed by atoms with Gasteiger partial charge in [0.25, 0.3) is 0 Å². The average Bonchev–Trinajstić information content (AvgIpc) is 3.08. The summed E-state index contributed by atoms with van der Waals surface area (Å²) in [7, 11) is 0. The normalized spacial score (nSPS) is 10.7. The van der Waals surface area contributed by atoms with Gasteiger partial charge in [0.2, 0.25) is 0 Å². The second kappa shape index (κ2) is 6.68. The van der Waals surface area contributed by atoms with E-state index in [2.05, 4.69) is 103 Å². The van der Waals surface area contributed by atoms with Crippen molar-refractivity contribution >= 4 is 24.0 Å². The molecule has 3 aromatic carbocycles. The molecule has 24 heavy (non-hydrogen) atoms. The Morgan fingerprint density at radius 1 is 0.542 bits per heavy atom. The first-order chi connectivity index (χ1) is 11.8. The van der Waals surface area contributed by atoms with Gasteiger partial charge in [-0.3, -0.25) is 0 Å². The molecule has 0 amide bonds. The van der Waals surface area contributed by atoms with Crippen molar-refractivity contribution in [1.82, 2.24) is 0 Å². The summed E-state index contributed by atoms with van der Waals surface area (Å²) in [4.78, 5) is 0. The van der Waals surface area contributed by atoms with Crippen LogP contribution >= 0.6 is 24.0 Å². The Kier molecular flexibility index (Phi) is 4.24. The number of rotatable bonds is 3. The zero-order valence-electron chi connectivity index (χ0n) is 13.0. The van der Waals surface area contributed by atoms with Crippen LogP contribution in [0.1, 0.15) is 0 Å². The Balaban J connectivity index is 2.04. The molecule has 0 aliphatic heterocycles. The molecule has 0 fully saturated rings. The minimum atomic E-state index is 1.05. The van der Waals surface area contributed by atoms with E-state index in [9.17, 15) is 0 Å². The van der Waals surface area contributed by atoms with E-state index in [0.29, 0.717) is 0 Å². The molecular formula is C22H16S2. The standard InChI is InChI=1S/C22H16S2/c23-22-20(14-15-24-22)19-13-7-12-18(16-8-3-1-4-9-16)21(19)17-10-5-2-6-11-17/h1-15,23H. The third kappa shape index (κ3) is 2.79. The maximum absolute atomic E-state index is 4.66. The summed E-state index contributed by atoms with van der Waals surface area (Å²) < 4.78 is 1.05. The lowest BCUT2D eigenvalue weighted by Crippen LogP contribution is -1.89. The highest BCUT2D eigenvalue weighted by atomic mass is 32.2. The summed E-state index contributed by atoms with van der Waals surface area (Å²) in [6.07, 6.45) is 0. The molecule has 0 radical (unpaired) electrons. The monoisotopic (exact) mass is 344 g/mol. The molecule has 4 aromatic rings. The minimum absolute atomic E-state index is 1.05. The molecular weight excluding hydrogens is 328 g/mol. The smallest absolute Gasteiger partial charge is 0.0646 e.